The summed E-state index contributed by atoms with van der Waals surface area (Å²) >= 11 is 0. The van der Waals surface area contributed by atoms with Crippen LogP contribution in [0.1, 0.15) is 44.7 Å². The van der Waals surface area contributed by atoms with E-state index in [4.69, 9.17) is 9.47 Å². The maximum Gasteiger partial charge on any atom is 0.257 e. The van der Waals surface area contributed by atoms with Crippen molar-refractivity contribution in [2.45, 2.75) is 44.0 Å². The molecule has 2 fully saturated rings. The molecule has 2 amide bonds. The number of morpholine rings is 1. The molecule has 2 aromatic carbocycles. The molecule has 2 bridgehead atoms. The lowest BCUT2D eigenvalue weighted by Gasteiger charge is -2.34. The Hall–Kier alpha value is -2.94. The number of benzene rings is 2. The first-order valence-electron chi connectivity index (χ1n) is 13.0. The first-order valence-corrected chi connectivity index (χ1v) is 13.0. The summed E-state index contributed by atoms with van der Waals surface area (Å²) in [7, 11) is 0. The minimum absolute atomic E-state index is 0.0238. The molecule has 4 aliphatic heterocycles. The Kier molecular flexibility index (Phi) is 6.41. The highest BCUT2D eigenvalue weighted by molar-refractivity contribution is 6.00. The Bertz CT molecular complexity index is 1140. The van der Waals surface area contributed by atoms with Crippen molar-refractivity contribution < 1.29 is 24.2 Å². The van der Waals surface area contributed by atoms with Crippen LogP contribution < -0.4 is 4.74 Å². The average molecular weight is 492 g/mol. The minimum atomic E-state index is -0.654. The molecule has 36 heavy (non-hydrogen) atoms. The molecule has 4 aliphatic rings. The summed E-state index contributed by atoms with van der Waals surface area (Å²) in [5.74, 6) is 0.247. The van der Waals surface area contributed by atoms with Gasteiger partial charge in [0.15, 0.2) is 0 Å². The van der Waals surface area contributed by atoms with E-state index in [1.807, 2.05) is 4.90 Å². The summed E-state index contributed by atoms with van der Waals surface area (Å²) in [5.41, 5.74) is 3.66. The van der Waals surface area contributed by atoms with Crippen LogP contribution in [0.25, 0.3) is 0 Å². The Morgan fingerprint density at radius 2 is 1.81 bits per heavy atom. The number of aliphatic hydroxyl groups excluding tert-OH is 1. The number of nitrogens with zero attached hydrogens (tertiary/aromatic N) is 3. The third-order valence-corrected chi connectivity index (χ3v) is 7.95. The minimum Gasteiger partial charge on any atom is -0.491 e. The van der Waals surface area contributed by atoms with Crippen LogP contribution in [0.4, 0.5) is 0 Å². The lowest BCUT2D eigenvalue weighted by Crippen LogP contribution is -2.49. The fourth-order valence-electron chi connectivity index (χ4n) is 6.09. The van der Waals surface area contributed by atoms with Crippen LogP contribution in [0, 0.1) is 0 Å². The third kappa shape index (κ3) is 4.49. The summed E-state index contributed by atoms with van der Waals surface area (Å²) in [6, 6.07) is 13.8. The fraction of sp³-hybridized carbons (Fsp3) is 0.500. The lowest BCUT2D eigenvalue weighted by atomic mass is 10.00. The number of rotatable bonds is 5. The number of amides is 2. The SMILES string of the molecule is O=C1c2ccc(C(=O)N3C4CCC3COC4)cc2OCCN1C[C@H](O)CN1CCc2ccccc2C1. The van der Waals surface area contributed by atoms with E-state index in [1.165, 1.54) is 11.1 Å². The standard InChI is InChI=1S/C28H33N3O5/c32-24(15-29-10-9-19-3-1-2-4-21(19)14-29)16-30-11-12-36-26-13-20(5-8-25(26)28(30)34)27(33)31-22-6-7-23(31)18-35-17-22/h1-5,8,13,22-24,32H,6-7,9-12,14-18H2/t22?,23?,24-/m1/s1. The van der Waals surface area contributed by atoms with Gasteiger partial charge in [-0.05, 0) is 48.6 Å². The number of hydrogen-bond acceptors (Lipinski definition) is 6. The predicted molar refractivity (Wildman–Crippen MR) is 133 cm³/mol. The van der Waals surface area contributed by atoms with Gasteiger partial charge in [-0.15, -0.1) is 0 Å². The summed E-state index contributed by atoms with van der Waals surface area (Å²) in [6.07, 6.45) is 2.26. The van der Waals surface area contributed by atoms with Gasteiger partial charge in [0.1, 0.15) is 12.4 Å². The van der Waals surface area contributed by atoms with E-state index in [1.54, 1.807) is 23.1 Å². The van der Waals surface area contributed by atoms with E-state index in [-0.39, 0.29) is 30.4 Å². The van der Waals surface area contributed by atoms with E-state index >= 15 is 0 Å². The van der Waals surface area contributed by atoms with Gasteiger partial charge < -0.3 is 24.4 Å². The molecule has 0 radical (unpaired) electrons. The van der Waals surface area contributed by atoms with E-state index in [9.17, 15) is 14.7 Å². The van der Waals surface area contributed by atoms with E-state index in [0.29, 0.717) is 49.8 Å². The second-order valence-electron chi connectivity index (χ2n) is 10.4. The van der Waals surface area contributed by atoms with Crippen molar-refractivity contribution in [1.82, 2.24) is 14.7 Å². The Morgan fingerprint density at radius 3 is 2.61 bits per heavy atom. The smallest absolute Gasteiger partial charge is 0.257 e. The highest BCUT2D eigenvalue weighted by Gasteiger charge is 2.41. The topological polar surface area (TPSA) is 82.5 Å². The lowest BCUT2D eigenvalue weighted by molar-refractivity contribution is -0.00717. The van der Waals surface area contributed by atoms with E-state index in [0.717, 1.165) is 32.4 Å². The van der Waals surface area contributed by atoms with Gasteiger partial charge in [-0.3, -0.25) is 14.5 Å². The van der Waals surface area contributed by atoms with Gasteiger partial charge in [0, 0.05) is 31.7 Å². The van der Waals surface area contributed by atoms with Crippen molar-refractivity contribution in [1.29, 1.82) is 0 Å². The number of carbonyl (C=O) groups is 2. The van der Waals surface area contributed by atoms with Gasteiger partial charge in [-0.1, -0.05) is 24.3 Å². The zero-order valence-electron chi connectivity index (χ0n) is 20.5. The van der Waals surface area contributed by atoms with Crippen molar-refractivity contribution >= 4 is 11.8 Å². The molecule has 0 saturated carbocycles. The molecule has 2 saturated heterocycles. The Labute approximate surface area is 211 Å². The van der Waals surface area contributed by atoms with E-state index in [2.05, 4.69) is 29.2 Å². The molecule has 0 spiro atoms. The number of carbonyl (C=O) groups excluding carboxylic acids is 2. The summed E-state index contributed by atoms with van der Waals surface area (Å²) in [6.45, 7) is 4.36. The quantitative estimate of drug-likeness (QED) is 0.689. The van der Waals surface area contributed by atoms with Gasteiger partial charge in [-0.25, -0.2) is 0 Å². The first-order chi connectivity index (χ1) is 17.6. The summed E-state index contributed by atoms with van der Waals surface area (Å²) in [4.78, 5) is 32.5. The number of ether oxygens (including phenoxy) is 2. The van der Waals surface area contributed by atoms with Crippen molar-refractivity contribution in [3.8, 4) is 5.75 Å². The second-order valence-corrected chi connectivity index (χ2v) is 10.4. The molecule has 4 heterocycles. The molecule has 2 unspecified atom stereocenters. The monoisotopic (exact) mass is 491 g/mol. The van der Waals surface area contributed by atoms with Crippen molar-refractivity contribution in [2.75, 3.05) is 46.0 Å². The van der Waals surface area contributed by atoms with Gasteiger partial charge in [0.05, 0.1) is 43.5 Å². The molecule has 8 nitrogen and oxygen atoms in total. The highest BCUT2D eigenvalue weighted by Crippen LogP contribution is 2.32. The molecule has 6 rings (SSSR count). The van der Waals surface area contributed by atoms with Crippen molar-refractivity contribution in [3.05, 3.63) is 64.7 Å². The van der Waals surface area contributed by atoms with Gasteiger partial charge in [0.25, 0.3) is 11.8 Å². The third-order valence-electron chi connectivity index (χ3n) is 7.95. The fourth-order valence-corrected chi connectivity index (χ4v) is 6.09. The molecular weight excluding hydrogens is 458 g/mol. The Morgan fingerprint density at radius 1 is 1.03 bits per heavy atom. The number of hydrogen-bond donors (Lipinski definition) is 1. The van der Waals surface area contributed by atoms with E-state index < -0.39 is 6.10 Å². The van der Waals surface area contributed by atoms with Crippen LogP contribution in [-0.4, -0.2) is 95.8 Å². The number of aliphatic hydroxyl groups is 1. The molecule has 0 aliphatic carbocycles. The molecule has 2 aromatic rings. The molecule has 1 N–H and O–H groups in total. The zero-order valence-corrected chi connectivity index (χ0v) is 20.5. The molecule has 3 atom stereocenters. The largest absolute Gasteiger partial charge is 0.491 e. The summed E-state index contributed by atoms with van der Waals surface area (Å²) < 4.78 is 11.5. The van der Waals surface area contributed by atoms with Gasteiger partial charge in [0.2, 0.25) is 0 Å². The van der Waals surface area contributed by atoms with Crippen molar-refractivity contribution in [3.63, 3.8) is 0 Å². The molecular formula is C28H33N3O5. The van der Waals surface area contributed by atoms with Crippen LogP contribution in [0.15, 0.2) is 42.5 Å². The summed E-state index contributed by atoms with van der Waals surface area (Å²) in [5, 5.41) is 10.8. The maximum atomic E-state index is 13.3. The first kappa shape index (κ1) is 23.5. The number of fused-ring (bicyclic) bond motifs is 4. The maximum absolute atomic E-state index is 13.3. The van der Waals surface area contributed by atoms with Crippen LogP contribution in [0.2, 0.25) is 0 Å². The van der Waals surface area contributed by atoms with Crippen LogP contribution >= 0.6 is 0 Å². The molecule has 190 valence electrons. The average Bonchev–Trinajstić information content (AvgIpc) is 3.04. The second kappa shape index (κ2) is 9.84. The highest BCUT2D eigenvalue weighted by atomic mass is 16.5. The molecule has 8 heteroatoms. The van der Waals surface area contributed by atoms with Crippen LogP contribution in [-0.2, 0) is 17.7 Å². The molecule has 0 aromatic heterocycles. The normalized spacial score (nSPS) is 24.5. The number of β-amino-alcohol motifs (C(OH)–C–C–N with tert-alkyl or cyclic N) is 1. The Balaban J connectivity index is 1.11. The predicted octanol–water partition coefficient (Wildman–Crippen LogP) is 1.94. The van der Waals surface area contributed by atoms with Crippen LogP contribution in [0.3, 0.4) is 0 Å². The van der Waals surface area contributed by atoms with Crippen molar-refractivity contribution in [2.24, 2.45) is 0 Å². The van der Waals surface area contributed by atoms with Gasteiger partial charge in [-0.2, -0.15) is 0 Å². The van der Waals surface area contributed by atoms with Crippen LogP contribution in [0.5, 0.6) is 5.75 Å². The zero-order chi connectivity index (χ0) is 24.6. The van der Waals surface area contributed by atoms with Gasteiger partial charge >= 0.3 is 0 Å².